The van der Waals surface area contributed by atoms with Gasteiger partial charge < -0.3 is 0 Å². The van der Waals surface area contributed by atoms with Crippen molar-refractivity contribution < 1.29 is 4.92 Å². The van der Waals surface area contributed by atoms with Gasteiger partial charge in [0.15, 0.2) is 0 Å². The quantitative estimate of drug-likeness (QED) is 0.344. The minimum atomic E-state index is -0.574. The molecule has 1 rings (SSSR count). The maximum absolute atomic E-state index is 9.90. The van der Waals surface area contributed by atoms with E-state index in [2.05, 4.69) is 10.9 Å². The van der Waals surface area contributed by atoms with Crippen LogP contribution in [0.1, 0.15) is 6.42 Å². The van der Waals surface area contributed by atoms with E-state index in [1.54, 1.807) is 0 Å². The van der Waals surface area contributed by atoms with Crippen molar-refractivity contribution in [3.05, 3.63) is 10.1 Å². The van der Waals surface area contributed by atoms with Crippen molar-refractivity contribution in [3.8, 4) is 0 Å². The third-order valence-corrected chi connectivity index (χ3v) is 1.07. The lowest BCUT2D eigenvalue weighted by Crippen LogP contribution is -2.35. The van der Waals surface area contributed by atoms with Crippen LogP contribution in [0.25, 0.3) is 0 Å². The summed E-state index contributed by atoms with van der Waals surface area (Å²) in [6, 6.07) is 0. The topological polar surface area (TPSA) is 67.2 Å². The molecule has 0 aromatic rings. The Morgan fingerprint density at radius 3 is 2.75 bits per heavy atom. The SMILES string of the molecule is O=[N+]([O-])C1CCNN1. The van der Waals surface area contributed by atoms with Crippen LogP contribution >= 0.6 is 0 Å². The van der Waals surface area contributed by atoms with E-state index in [4.69, 9.17) is 0 Å². The molecular weight excluding hydrogens is 110 g/mol. The van der Waals surface area contributed by atoms with E-state index in [0.717, 1.165) is 0 Å². The van der Waals surface area contributed by atoms with Crippen molar-refractivity contribution in [2.24, 2.45) is 0 Å². The molecule has 0 radical (unpaired) electrons. The number of hydrogen-bond acceptors (Lipinski definition) is 4. The average Bonchev–Trinajstić information content (AvgIpc) is 2.12. The van der Waals surface area contributed by atoms with E-state index in [0.29, 0.717) is 13.0 Å². The smallest absolute Gasteiger partial charge is 0.263 e. The van der Waals surface area contributed by atoms with Gasteiger partial charge in [0.25, 0.3) is 6.17 Å². The van der Waals surface area contributed by atoms with Crippen molar-refractivity contribution in [1.29, 1.82) is 0 Å². The fourth-order valence-electron chi connectivity index (χ4n) is 0.629. The Kier molecular flexibility index (Phi) is 1.40. The van der Waals surface area contributed by atoms with Crippen molar-refractivity contribution in [2.45, 2.75) is 12.6 Å². The second-order valence-corrected chi connectivity index (χ2v) is 1.66. The van der Waals surface area contributed by atoms with E-state index in [1.165, 1.54) is 0 Å². The van der Waals surface area contributed by atoms with Crippen molar-refractivity contribution in [1.82, 2.24) is 10.9 Å². The van der Waals surface area contributed by atoms with Gasteiger partial charge >= 0.3 is 0 Å². The fraction of sp³-hybridized carbons (Fsp3) is 1.00. The molecule has 46 valence electrons. The Labute approximate surface area is 46.2 Å². The van der Waals surface area contributed by atoms with Gasteiger partial charge in [-0.3, -0.25) is 15.5 Å². The van der Waals surface area contributed by atoms with Gasteiger partial charge in [-0.2, -0.15) is 5.43 Å². The third-order valence-electron chi connectivity index (χ3n) is 1.07. The Morgan fingerprint density at radius 1 is 1.75 bits per heavy atom. The van der Waals surface area contributed by atoms with Gasteiger partial charge in [0.2, 0.25) is 0 Å². The predicted molar refractivity (Wildman–Crippen MR) is 26.5 cm³/mol. The van der Waals surface area contributed by atoms with Crippen molar-refractivity contribution in [2.75, 3.05) is 6.54 Å². The summed E-state index contributed by atoms with van der Waals surface area (Å²) in [5.41, 5.74) is 5.17. The largest absolute Gasteiger partial charge is 0.279 e. The third kappa shape index (κ3) is 0.932. The molecule has 1 unspecified atom stereocenters. The van der Waals surface area contributed by atoms with Crippen LogP contribution in [0.2, 0.25) is 0 Å². The molecule has 1 aliphatic rings. The van der Waals surface area contributed by atoms with Gasteiger partial charge in [-0.25, -0.2) is 0 Å². The highest BCUT2D eigenvalue weighted by molar-refractivity contribution is 4.59. The second kappa shape index (κ2) is 2.06. The first kappa shape index (κ1) is 5.46. The van der Waals surface area contributed by atoms with Gasteiger partial charge in [-0.05, 0) is 0 Å². The van der Waals surface area contributed by atoms with Crippen molar-refractivity contribution >= 4 is 0 Å². The van der Waals surface area contributed by atoms with Crippen LogP contribution in [0.15, 0.2) is 0 Å². The summed E-state index contributed by atoms with van der Waals surface area (Å²) in [5.74, 6) is 0. The molecule has 0 saturated carbocycles. The number of hydrogen-bond donors (Lipinski definition) is 2. The zero-order valence-electron chi connectivity index (χ0n) is 4.26. The van der Waals surface area contributed by atoms with Gasteiger partial charge in [-0.15, -0.1) is 0 Å². The Bertz CT molecular complexity index is 98.7. The zero-order chi connectivity index (χ0) is 5.98. The second-order valence-electron chi connectivity index (χ2n) is 1.66. The van der Waals surface area contributed by atoms with Crippen molar-refractivity contribution in [3.63, 3.8) is 0 Å². The lowest BCUT2D eigenvalue weighted by atomic mass is 10.4. The molecule has 1 saturated heterocycles. The summed E-state index contributed by atoms with van der Waals surface area (Å²) < 4.78 is 0. The molecule has 8 heavy (non-hydrogen) atoms. The number of nitro groups is 1. The molecule has 5 heteroatoms. The first-order chi connectivity index (χ1) is 3.80. The molecule has 0 bridgehead atoms. The normalized spacial score (nSPS) is 28.2. The highest BCUT2D eigenvalue weighted by Gasteiger charge is 2.22. The molecule has 0 aromatic heterocycles. The first-order valence-corrected chi connectivity index (χ1v) is 2.42. The van der Waals surface area contributed by atoms with E-state index in [1.807, 2.05) is 0 Å². The summed E-state index contributed by atoms with van der Waals surface area (Å²) in [4.78, 5) is 9.57. The number of hydrazine groups is 1. The molecule has 0 spiro atoms. The Hall–Kier alpha value is -0.680. The fourth-order valence-corrected chi connectivity index (χ4v) is 0.629. The molecule has 0 amide bonds. The molecule has 5 nitrogen and oxygen atoms in total. The molecule has 0 aromatic carbocycles. The maximum atomic E-state index is 9.90. The van der Waals surface area contributed by atoms with Crippen LogP contribution < -0.4 is 10.9 Å². The molecule has 1 fully saturated rings. The summed E-state index contributed by atoms with van der Waals surface area (Å²) in [5, 5.41) is 9.90. The molecule has 1 atom stereocenters. The van der Waals surface area contributed by atoms with Crippen LogP contribution in [0, 0.1) is 10.1 Å². The molecular formula is C3H7N3O2. The Morgan fingerprint density at radius 2 is 2.50 bits per heavy atom. The predicted octanol–water partition coefficient (Wildman–Crippen LogP) is -0.913. The molecule has 1 aliphatic heterocycles. The Balaban J connectivity index is 2.35. The number of nitrogens with one attached hydrogen (secondary N) is 2. The molecule has 2 N–H and O–H groups in total. The zero-order valence-corrected chi connectivity index (χ0v) is 4.26. The lowest BCUT2D eigenvalue weighted by molar-refractivity contribution is -0.526. The number of rotatable bonds is 1. The molecule has 0 aliphatic carbocycles. The minimum Gasteiger partial charge on any atom is -0.263 e. The first-order valence-electron chi connectivity index (χ1n) is 2.42. The van der Waals surface area contributed by atoms with Gasteiger partial charge in [0.1, 0.15) is 0 Å². The van der Waals surface area contributed by atoms with Gasteiger partial charge in [0, 0.05) is 17.9 Å². The highest BCUT2D eigenvalue weighted by Crippen LogP contribution is 1.94. The van der Waals surface area contributed by atoms with Crippen LogP contribution in [0.4, 0.5) is 0 Å². The maximum Gasteiger partial charge on any atom is 0.279 e. The standard InChI is InChI=1S/C3H7N3O2/c7-6(8)3-1-2-4-5-3/h3-5H,1-2H2. The summed E-state index contributed by atoms with van der Waals surface area (Å²) >= 11 is 0. The van der Waals surface area contributed by atoms with Crippen LogP contribution in [-0.4, -0.2) is 17.6 Å². The summed E-state index contributed by atoms with van der Waals surface area (Å²) in [6.07, 6.45) is 0.00231. The van der Waals surface area contributed by atoms with E-state index in [9.17, 15) is 10.1 Å². The van der Waals surface area contributed by atoms with E-state index < -0.39 is 6.17 Å². The summed E-state index contributed by atoms with van der Waals surface area (Å²) in [6.45, 7) is 0.686. The summed E-state index contributed by atoms with van der Waals surface area (Å²) in [7, 11) is 0. The van der Waals surface area contributed by atoms with E-state index in [-0.39, 0.29) is 4.92 Å². The minimum absolute atomic E-state index is 0.333. The highest BCUT2D eigenvalue weighted by atomic mass is 16.6. The van der Waals surface area contributed by atoms with Crippen LogP contribution in [-0.2, 0) is 0 Å². The van der Waals surface area contributed by atoms with Crippen LogP contribution in [0.5, 0.6) is 0 Å². The monoisotopic (exact) mass is 117 g/mol. The average molecular weight is 117 g/mol. The molecule has 1 heterocycles. The number of nitrogens with zero attached hydrogens (tertiary/aromatic N) is 1. The van der Waals surface area contributed by atoms with Crippen LogP contribution in [0.3, 0.4) is 0 Å². The van der Waals surface area contributed by atoms with Gasteiger partial charge in [0.05, 0.1) is 0 Å². The van der Waals surface area contributed by atoms with Gasteiger partial charge in [-0.1, -0.05) is 0 Å². The van der Waals surface area contributed by atoms with E-state index >= 15 is 0 Å². The lowest BCUT2D eigenvalue weighted by Gasteiger charge is -1.96.